The average molecular weight is 469 g/mol. The summed E-state index contributed by atoms with van der Waals surface area (Å²) in [5, 5.41) is 12.9. The summed E-state index contributed by atoms with van der Waals surface area (Å²) in [5.41, 5.74) is 2.15. The van der Waals surface area contributed by atoms with Crippen molar-refractivity contribution in [2.24, 2.45) is 0 Å². The first-order valence-corrected chi connectivity index (χ1v) is 11.0. The molecule has 1 aliphatic rings. The highest BCUT2D eigenvalue weighted by atomic mass is 35.5. The molecule has 8 heteroatoms. The van der Waals surface area contributed by atoms with Gasteiger partial charge in [0.15, 0.2) is 5.76 Å². The van der Waals surface area contributed by atoms with Gasteiger partial charge in [-0.15, -0.1) is 11.3 Å². The highest BCUT2D eigenvalue weighted by molar-refractivity contribution is 7.12. The molecule has 1 atom stereocenters. The van der Waals surface area contributed by atoms with Gasteiger partial charge in [0.2, 0.25) is 5.78 Å². The van der Waals surface area contributed by atoms with Crippen molar-refractivity contribution in [3.05, 3.63) is 86.8 Å². The van der Waals surface area contributed by atoms with Gasteiger partial charge in [-0.05, 0) is 47.3 Å². The monoisotopic (exact) mass is 468 g/mol. The number of hydrogen-bond donors (Lipinski definition) is 1. The topological polar surface area (TPSA) is 70.1 Å². The number of aliphatic hydroxyl groups excluding tert-OH is 1. The molecule has 0 radical (unpaired) electrons. The Morgan fingerprint density at radius 1 is 1.16 bits per heavy atom. The molecule has 1 amide bonds. The number of Topliss-reactive ketones (excluding diaryl/α,β-unsaturated/α-hetero) is 1. The summed E-state index contributed by atoms with van der Waals surface area (Å²) in [4.78, 5) is 30.3. The minimum Gasteiger partial charge on any atom is -0.503 e. The lowest BCUT2D eigenvalue weighted by atomic mass is 9.95. The second kappa shape index (κ2) is 8.68. The first-order chi connectivity index (χ1) is 15.3. The van der Waals surface area contributed by atoms with Gasteiger partial charge in [0.25, 0.3) is 5.91 Å². The van der Waals surface area contributed by atoms with E-state index in [-0.39, 0.29) is 11.4 Å². The molecular weight excluding hydrogens is 448 g/mol. The second-order valence-corrected chi connectivity index (χ2v) is 8.81. The molecule has 0 saturated heterocycles. The highest BCUT2D eigenvalue weighted by Crippen LogP contribution is 2.44. The number of carbonyl (C=O) groups excluding carboxylic acids is 2. The molecule has 1 aliphatic heterocycles. The van der Waals surface area contributed by atoms with E-state index in [1.54, 1.807) is 35.7 Å². The molecule has 4 rings (SSSR count). The lowest BCUT2D eigenvalue weighted by Crippen LogP contribution is -2.31. The number of rotatable bonds is 6. The normalized spacial score (nSPS) is 15.9. The van der Waals surface area contributed by atoms with E-state index < -0.39 is 17.7 Å². The number of nitrogens with zero attached hydrogens (tertiary/aromatic N) is 2. The Labute approximate surface area is 194 Å². The lowest BCUT2D eigenvalue weighted by Gasteiger charge is -2.27. The van der Waals surface area contributed by atoms with Crippen molar-refractivity contribution < 1.29 is 19.4 Å². The number of ether oxygens (including phenoxy) is 1. The van der Waals surface area contributed by atoms with Crippen LogP contribution in [-0.4, -0.2) is 38.0 Å². The van der Waals surface area contributed by atoms with Crippen LogP contribution in [0.2, 0.25) is 5.02 Å². The second-order valence-electron chi connectivity index (χ2n) is 7.45. The molecule has 0 fully saturated rings. The van der Waals surface area contributed by atoms with Crippen molar-refractivity contribution in [2.75, 3.05) is 31.0 Å². The summed E-state index contributed by atoms with van der Waals surface area (Å²) in [7, 11) is 5.36. The van der Waals surface area contributed by atoms with Crippen molar-refractivity contribution in [3.8, 4) is 5.75 Å². The zero-order chi connectivity index (χ0) is 23.0. The summed E-state index contributed by atoms with van der Waals surface area (Å²) < 4.78 is 5.21. The van der Waals surface area contributed by atoms with Crippen LogP contribution in [-0.2, 0) is 4.79 Å². The van der Waals surface area contributed by atoms with Crippen LogP contribution in [0.4, 0.5) is 11.4 Å². The number of thiophene rings is 1. The van der Waals surface area contributed by atoms with Gasteiger partial charge >= 0.3 is 0 Å². The van der Waals surface area contributed by atoms with Crippen molar-refractivity contribution in [3.63, 3.8) is 0 Å². The third-order valence-corrected chi connectivity index (χ3v) is 6.50. The SMILES string of the molecule is COc1ccc(N2C(=O)C(O)=C(C(=O)c3cccs3)C2c2ccc(N(C)C)cc2)cc1Cl. The van der Waals surface area contributed by atoms with E-state index in [2.05, 4.69) is 0 Å². The molecule has 1 unspecified atom stereocenters. The van der Waals surface area contributed by atoms with Crippen LogP contribution in [0.1, 0.15) is 21.3 Å². The predicted octanol–water partition coefficient (Wildman–Crippen LogP) is 5.26. The van der Waals surface area contributed by atoms with Gasteiger partial charge < -0.3 is 14.7 Å². The van der Waals surface area contributed by atoms with Gasteiger partial charge in [-0.25, -0.2) is 0 Å². The smallest absolute Gasteiger partial charge is 0.294 e. The van der Waals surface area contributed by atoms with Gasteiger partial charge in [-0.1, -0.05) is 29.8 Å². The Morgan fingerprint density at radius 2 is 1.88 bits per heavy atom. The Kier molecular flexibility index (Phi) is 5.95. The Morgan fingerprint density at radius 3 is 2.44 bits per heavy atom. The first-order valence-electron chi connectivity index (χ1n) is 9.79. The fraction of sp³-hybridized carbons (Fsp3) is 0.167. The van der Waals surface area contributed by atoms with E-state index >= 15 is 0 Å². The summed E-state index contributed by atoms with van der Waals surface area (Å²) >= 11 is 7.57. The number of anilines is 2. The number of carbonyl (C=O) groups is 2. The molecule has 6 nitrogen and oxygen atoms in total. The van der Waals surface area contributed by atoms with E-state index in [0.29, 0.717) is 26.9 Å². The molecule has 3 aromatic rings. The van der Waals surface area contributed by atoms with E-state index in [1.807, 2.05) is 43.3 Å². The number of hydrogen-bond acceptors (Lipinski definition) is 6. The van der Waals surface area contributed by atoms with E-state index in [9.17, 15) is 14.7 Å². The molecular formula is C24H21ClN2O4S. The number of aliphatic hydroxyl groups is 1. The van der Waals surface area contributed by atoms with Crippen LogP contribution in [0.5, 0.6) is 5.75 Å². The Balaban J connectivity index is 1.86. The van der Waals surface area contributed by atoms with Crippen molar-refractivity contribution >= 4 is 46.0 Å². The number of benzene rings is 2. The molecule has 0 aliphatic carbocycles. The molecule has 164 valence electrons. The van der Waals surface area contributed by atoms with Crippen molar-refractivity contribution in [2.45, 2.75) is 6.04 Å². The van der Waals surface area contributed by atoms with Crippen molar-refractivity contribution in [1.82, 2.24) is 0 Å². The maximum absolute atomic E-state index is 13.3. The fourth-order valence-corrected chi connectivity index (χ4v) is 4.65. The van der Waals surface area contributed by atoms with Gasteiger partial charge in [-0.2, -0.15) is 0 Å². The molecule has 2 aromatic carbocycles. The number of halogens is 1. The number of methoxy groups -OCH3 is 1. The molecule has 2 heterocycles. The Hall–Kier alpha value is -3.29. The minimum atomic E-state index is -0.808. The van der Waals surface area contributed by atoms with Crippen LogP contribution >= 0.6 is 22.9 Å². The fourth-order valence-electron chi connectivity index (χ4n) is 3.72. The number of ketones is 1. The lowest BCUT2D eigenvalue weighted by molar-refractivity contribution is -0.117. The molecule has 0 bridgehead atoms. The molecule has 32 heavy (non-hydrogen) atoms. The highest BCUT2D eigenvalue weighted by Gasteiger charge is 2.45. The van der Waals surface area contributed by atoms with Crippen LogP contribution in [0, 0.1) is 0 Å². The minimum absolute atomic E-state index is 0.0435. The molecule has 0 spiro atoms. The zero-order valence-electron chi connectivity index (χ0n) is 17.7. The zero-order valence-corrected chi connectivity index (χ0v) is 19.3. The van der Waals surface area contributed by atoms with Gasteiger partial charge in [-0.3, -0.25) is 14.5 Å². The summed E-state index contributed by atoms with van der Waals surface area (Å²) in [6.45, 7) is 0. The predicted molar refractivity (Wildman–Crippen MR) is 127 cm³/mol. The van der Waals surface area contributed by atoms with Gasteiger partial charge in [0.05, 0.1) is 28.6 Å². The first kappa shape index (κ1) is 21.9. The summed E-state index contributed by atoms with van der Waals surface area (Å²) in [6, 6.07) is 15.1. The van der Waals surface area contributed by atoms with E-state index in [4.69, 9.17) is 16.3 Å². The molecule has 0 saturated carbocycles. The summed E-state index contributed by atoms with van der Waals surface area (Å²) in [6.07, 6.45) is 0. The maximum atomic E-state index is 13.3. The van der Waals surface area contributed by atoms with E-state index in [1.165, 1.54) is 23.3 Å². The number of amides is 1. The van der Waals surface area contributed by atoms with Crippen molar-refractivity contribution in [1.29, 1.82) is 0 Å². The van der Waals surface area contributed by atoms with E-state index in [0.717, 1.165) is 5.69 Å². The maximum Gasteiger partial charge on any atom is 0.294 e. The third-order valence-electron chi connectivity index (χ3n) is 5.34. The quantitative estimate of drug-likeness (QED) is 0.500. The standard InChI is InChI=1S/C24H21ClN2O4S/c1-26(2)15-8-6-14(7-9-15)21-20(22(28)19-5-4-12-32-19)23(29)24(30)27(21)16-10-11-18(31-3)17(25)13-16/h4-13,21,29H,1-3H3. The molecule has 1 aromatic heterocycles. The van der Waals surface area contributed by atoms with Crippen LogP contribution in [0.3, 0.4) is 0 Å². The average Bonchev–Trinajstić information content (AvgIpc) is 3.41. The van der Waals surface area contributed by atoms with Crippen LogP contribution in [0.25, 0.3) is 0 Å². The Bertz CT molecular complexity index is 1200. The van der Waals surface area contributed by atoms with Crippen LogP contribution in [0.15, 0.2) is 71.3 Å². The van der Waals surface area contributed by atoms with Gasteiger partial charge in [0, 0.05) is 25.5 Å². The third kappa shape index (κ3) is 3.74. The largest absolute Gasteiger partial charge is 0.503 e. The summed E-state index contributed by atoms with van der Waals surface area (Å²) in [5.74, 6) is -1.14. The van der Waals surface area contributed by atoms with Gasteiger partial charge in [0.1, 0.15) is 5.75 Å². The van der Waals surface area contributed by atoms with Crippen LogP contribution < -0.4 is 14.5 Å². The molecule has 1 N–H and O–H groups in total.